The van der Waals surface area contributed by atoms with E-state index in [1.54, 1.807) is 42.1 Å². The van der Waals surface area contributed by atoms with E-state index in [-0.39, 0.29) is 12.4 Å². The molecule has 0 bridgehead atoms. The van der Waals surface area contributed by atoms with E-state index < -0.39 is 4.92 Å². The van der Waals surface area contributed by atoms with Gasteiger partial charge in [0.25, 0.3) is 0 Å². The molecule has 0 radical (unpaired) electrons. The molecule has 130 valence electrons. The van der Waals surface area contributed by atoms with Crippen molar-refractivity contribution in [1.82, 2.24) is 24.5 Å². The second-order valence-electron chi connectivity index (χ2n) is 5.29. The molecule has 2 heterocycles. The molecule has 25 heavy (non-hydrogen) atoms. The summed E-state index contributed by atoms with van der Waals surface area (Å²) in [5.74, 6) is 1.23. The van der Waals surface area contributed by atoms with Crippen LogP contribution in [-0.2, 0) is 19.7 Å². The fourth-order valence-corrected chi connectivity index (χ4v) is 2.41. The number of halogens is 1. The number of rotatable bonds is 7. The molecule has 0 aliphatic rings. The molecule has 2 aromatic heterocycles. The molecule has 0 fully saturated rings. The highest BCUT2D eigenvalue weighted by atomic mass is 35.5. The minimum atomic E-state index is -0.452. The molecule has 0 aliphatic heterocycles. The predicted molar refractivity (Wildman–Crippen MR) is 89.4 cm³/mol. The molecule has 0 spiro atoms. The van der Waals surface area contributed by atoms with E-state index in [1.807, 2.05) is 0 Å². The van der Waals surface area contributed by atoms with Crippen LogP contribution in [-0.4, -0.2) is 29.5 Å². The average Bonchev–Trinajstić information content (AvgIpc) is 3.19. The molecule has 10 heteroatoms. The molecule has 0 amide bonds. The number of imidazole rings is 1. The standard InChI is InChI=1S/C15H15ClN6O3/c1-11-17-8-15(22(23)24)21(11)7-6-20-9-13(18-19-20)10-25-14-4-2-12(16)3-5-14/h2-5,8-9H,6-7,10H2,1H3. The maximum atomic E-state index is 11.0. The lowest BCUT2D eigenvalue weighted by atomic mass is 10.3. The fraction of sp³-hybridized carbons (Fsp3) is 0.267. The smallest absolute Gasteiger partial charge is 0.342 e. The van der Waals surface area contributed by atoms with Crippen LogP contribution in [0, 0.1) is 17.0 Å². The summed E-state index contributed by atoms with van der Waals surface area (Å²) in [5.41, 5.74) is 0.659. The van der Waals surface area contributed by atoms with Gasteiger partial charge >= 0.3 is 5.82 Å². The number of aryl methyl sites for hydroxylation is 2. The van der Waals surface area contributed by atoms with Crippen molar-refractivity contribution in [2.75, 3.05) is 0 Å². The SMILES string of the molecule is Cc1ncc([N+](=O)[O-])n1CCn1cc(COc2ccc(Cl)cc2)nn1. The van der Waals surface area contributed by atoms with E-state index in [4.69, 9.17) is 16.3 Å². The first-order chi connectivity index (χ1) is 12.0. The number of aromatic nitrogens is 5. The molecule has 0 saturated heterocycles. The molecule has 0 unspecified atom stereocenters. The Kier molecular flexibility index (Phi) is 4.94. The molecular weight excluding hydrogens is 348 g/mol. The highest BCUT2D eigenvalue weighted by molar-refractivity contribution is 6.30. The van der Waals surface area contributed by atoms with Gasteiger partial charge in [-0.25, -0.2) is 14.2 Å². The second kappa shape index (κ2) is 7.31. The molecule has 1 aromatic carbocycles. The largest absolute Gasteiger partial charge is 0.487 e. The summed E-state index contributed by atoms with van der Waals surface area (Å²) < 4.78 is 8.75. The van der Waals surface area contributed by atoms with Crippen molar-refractivity contribution in [3.63, 3.8) is 0 Å². The zero-order valence-electron chi connectivity index (χ0n) is 13.4. The third kappa shape index (κ3) is 4.13. The lowest BCUT2D eigenvalue weighted by molar-refractivity contribution is -0.392. The van der Waals surface area contributed by atoms with Crippen molar-refractivity contribution in [2.45, 2.75) is 26.6 Å². The number of hydrogen-bond acceptors (Lipinski definition) is 6. The highest BCUT2D eigenvalue weighted by Crippen LogP contribution is 2.17. The first-order valence-electron chi connectivity index (χ1n) is 7.47. The third-order valence-electron chi connectivity index (χ3n) is 3.56. The monoisotopic (exact) mass is 362 g/mol. The summed E-state index contributed by atoms with van der Waals surface area (Å²) in [6.45, 7) is 2.81. The van der Waals surface area contributed by atoms with E-state index >= 15 is 0 Å². The number of nitro groups is 1. The van der Waals surface area contributed by atoms with Crippen molar-refractivity contribution in [1.29, 1.82) is 0 Å². The maximum Gasteiger partial charge on any atom is 0.342 e. The van der Waals surface area contributed by atoms with Crippen LogP contribution >= 0.6 is 11.6 Å². The Bertz CT molecular complexity index is 874. The number of benzene rings is 1. The van der Waals surface area contributed by atoms with Gasteiger partial charge in [0.05, 0.1) is 12.7 Å². The van der Waals surface area contributed by atoms with Gasteiger partial charge in [0.2, 0.25) is 0 Å². The lowest BCUT2D eigenvalue weighted by Gasteiger charge is -2.03. The Labute approximate surface area is 148 Å². The molecule has 0 atom stereocenters. The van der Waals surface area contributed by atoms with Crippen LogP contribution in [0.3, 0.4) is 0 Å². The minimum absolute atomic E-state index is 0.0380. The van der Waals surface area contributed by atoms with Gasteiger partial charge in [0.15, 0.2) is 5.82 Å². The van der Waals surface area contributed by atoms with Gasteiger partial charge in [-0.2, -0.15) is 0 Å². The normalized spacial score (nSPS) is 10.8. The zero-order valence-corrected chi connectivity index (χ0v) is 14.1. The molecule has 0 aliphatic carbocycles. The van der Waals surface area contributed by atoms with Crippen molar-refractivity contribution in [3.8, 4) is 5.75 Å². The van der Waals surface area contributed by atoms with Crippen LogP contribution in [0.5, 0.6) is 5.75 Å². The van der Waals surface area contributed by atoms with Gasteiger partial charge in [-0.3, -0.25) is 0 Å². The summed E-state index contributed by atoms with van der Waals surface area (Å²) >= 11 is 5.82. The van der Waals surface area contributed by atoms with Crippen LogP contribution in [0.25, 0.3) is 0 Å². The van der Waals surface area contributed by atoms with E-state index in [0.29, 0.717) is 35.4 Å². The van der Waals surface area contributed by atoms with Gasteiger partial charge in [0.1, 0.15) is 30.8 Å². The first-order valence-corrected chi connectivity index (χ1v) is 7.84. The highest BCUT2D eigenvalue weighted by Gasteiger charge is 2.17. The van der Waals surface area contributed by atoms with Gasteiger partial charge in [-0.15, -0.1) is 5.10 Å². The second-order valence-corrected chi connectivity index (χ2v) is 5.72. The van der Waals surface area contributed by atoms with Crippen molar-refractivity contribution >= 4 is 17.4 Å². The average molecular weight is 363 g/mol. The van der Waals surface area contributed by atoms with Gasteiger partial charge < -0.3 is 14.9 Å². The lowest BCUT2D eigenvalue weighted by Crippen LogP contribution is -2.11. The molecule has 3 rings (SSSR count). The van der Waals surface area contributed by atoms with Crippen LogP contribution in [0.4, 0.5) is 5.82 Å². The van der Waals surface area contributed by atoms with Gasteiger partial charge in [-0.1, -0.05) is 16.8 Å². The topological polar surface area (TPSA) is 101 Å². The molecule has 3 aromatic rings. The minimum Gasteiger partial charge on any atom is -0.487 e. The summed E-state index contributed by atoms with van der Waals surface area (Å²) in [6.07, 6.45) is 3.00. The van der Waals surface area contributed by atoms with Crippen LogP contribution in [0.1, 0.15) is 11.5 Å². The fourth-order valence-electron chi connectivity index (χ4n) is 2.28. The molecular formula is C15H15ClN6O3. The molecule has 0 N–H and O–H groups in total. The Morgan fingerprint density at radius 1 is 1.28 bits per heavy atom. The zero-order chi connectivity index (χ0) is 17.8. The quantitative estimate of drug-likeness (QED) is 0.473. The summed E-state index contributed by atoms with van der Waals surface area (Å²) in [7, 11) is 0. The van der Waals surface area contributed by atoms with E-state index in [2.05, 4.69) is 15.3 Å². The first kappa shape index (κ1) is 16.9. The van der Waals surface area contributed by atoms with Crippen molar-refractivity contribution in [3.05, 3.63) is 63.3 Å². The van der Waals surface area contributed by atoms with Crippen LogP contribution < -0.4 is 4.74 Å². The van der Waals surface area contributed by atoms with Gasteiger partial charge in [0, 0.05) is 11.9 Å². The van der Waals surface area contributed by atoms with Crippen LogP contribution in [0.2, 0.25) is 5.02 Å². The third-order valence-corrected chi connectivity index (χ3v) is 3.81. The number of ether oxygens (including phenoxy) is 1. The van der Waals surface area contributed by atoms with E-state index in [1.165, 1.54) is 10.8 Å². The number of hydrogen-bond donors (Lipinski definition) is 0. The Balaban J connectivity index is 1.58. The van der Waals surface area contributed by atoms with E-state index in [9.17, 15) is 10.1 Å². The predicted octanol–water partition coefficient (Wildman–Crippen LogP) is 2.62. The number of nitrogens with zero attached hydrogens (tertiary/aromatic N) is 6. The molecule has 9 nitrogen and oxygen atoms in total. The van der Waals surface area contributed by atoms with Crippen LogP contribution in [0.15, 0.2) is 36.7 Å². The maximum absolute atomic E-state index is 11.0. The van der Waals surface area contributed by atoms with Gasteiger partial charge in [-0.05, 0) is 29.2 Å². The Hall–Kier alpha value is -2.94. The summed E-state index contributed by atoms with van der Waals surface area (Å²) in [5, 5.41) is 19.7. The Morgan fingerprint density at radius 2 is 2.04 bits per heavy atom. The van der Waals surface area contributed by atoms with E-state index in [0.717, 1.165) is 0 Å². The van der Waals surface area contributed by atoms with Crippen molar-refractivity contribution < 1.29 is 9.66 Å². The Morgan fingerprint density at radius 3 is 2.76 bits per heavy atom. The molecule has 0 saturated carbocycles. The summed E-state index contributed by atoms with van der Waals surface area (Å²) in [4.78, 5) is 14.5. The van der Waals surface area contributed by atoms with Crippen molar-refractivity contribution in [2.24, 2.45) is 0 Å². The summed E-state index contributed by atoms with van der Waals surface area (Å²) in [6, 6.07) is 7.03.